The predicted molar refractivity (Wildman–Crippen MR) is 76.8 cm³/mol. The minimum atomic E-state index is 0.972. The van der Waals surface area contributed by atoms with Crippen LogP contribution in [0, 0.1) is 0 Å². The fourth-order valence-corrected chi connectivity index (χ4v) is 3.02. The van der Waals surface area contributed by atoms with Crippen molar-refractivity contribution < 1.29 is 0 Å². The van der Waals surface area contributed by atoms with Gasteiger partial charge in [-0.1, -0.05) is 30.3 Å². The van der Waals surface area contributed by atoms with E-state index < -0.39 is 0 Å². The van der Waals surface area contributed by atoms with Crippen molar-refractivity contribution in [2.24, 2.45) is 0 Å². The number of hydrogen-bond donors (Lipinski definition) is 0. The maximum atomic E-state index is 4.72. The molecule has 3 aromatic rings. The van der Waals surface area contributed by atoms with E-state index in [0.717, 1.165) is 27.5 Å². The lowest BCUT2D eigenvalue weighted by atomic mass is 10.1. The SMILES string of the molecule is C1=Cc2nc3cc4ccccc4cc3nc2SC1. The Hall–Kier alpha value is -1.87. The zero-order valence-corrected chi connectivity index (χ0v) is 10.4. The number of benzene rings is 2. The van der Waals surface area contributed by atoms with E-state index in [2.05, 4.69) is 48.6 Å². The molecule has 0 saturated carbocycles. The second-order valence-electron chi connectivity index (χ2n) is 4.32. The molecule has 0 aliphatic carbocycles. The van der Waals surface area contributed by atoms with E-state index in [9.17, 15) is 0 Å². The van der Waals surface area contributed by atoms with Gasteiger partial charge in [0.2, 0.25) is 0 Å². The van der Waals surface area contributed by atoms with Crippen molar-refractivity contribution in [3.8, 4) is 0 Å². The molecule has 0 radical (unpaired) electrons. The molecule has 1 aliphatic rings. The van der Waals surface area contributed by atoms with Gasteiger partial charge in [-0.25, -0.2) is 9.97 Å². The third-order valence-corrected chi connectivity index (χ3v) is 4.05. The quantitative estimate of drug-likeness (QED) is 0.566. The molecule has 2 nitrogen and oxygen atoms in total. The number of thioether (sulfide) groups is 1. The van der Waals surface area contributed by atoms with E-state index in [1.165, 1.54) is 10.8 Å². The number of nitrogens with zero attached hydrogens (tertiary/aromatic N) is 2. The van der Waals surface area contributed by atoms with Crippen LogP contribution in [0.3, 0.4) is 0 Å². The van der Waals surface area contributed by atoms with Crippen LogP contribution >= 0.6 is 11.8 Å². The summed E-state index contributed by atoms with van der Waals surface area (Å²) in [5, 5.41) is 3.47. The molecule has 1 aromatic heterocycles. The number of hydrogen-bond acceptors (Lipinski definition) is 3. The van der Waals surface area contributed by atoms with Gasteiger partial charge in [0.05, 0.1) is 16.7 Å². The van der Waals surface area contributed by atoms with Gasteiger partial charge in [-0.3, -0.25) is 0 Å². The molecule has 0 fully saturated rings. The van der Waals surface area contributed by atoms with Gasteiger partial charge in [-0.2, -0.15) is 0 Å². The molecule has 2 heterocycles. The highest BCUT2D eigenvalue weighted by Gasteiger charge is 2.10. The molecule has 0 unspecified atom stereocenters. The summed E-state index contributed by atoms with van der Waals surface area (Å²) in [4.78, 5) is 9.41. The Balaban J connectivity index is 2.09. The summed E-state index contributed by atoms with van der Waals surface area (Å²) < 4.78 is 0. The number of fused-ring (bicyclic) bond motifs is 3. The van der Waals surface area contributed by atoms with Crippen molar-refractivity contribution in [3.05, 3.63) is 48.2 Å². The standard InChI is InChI=1S/C15H10N2S/c1-2-5-11-9-14-13(8-10(11)4-1)16-12-6-3-7-18-15(12)17-14/h1-6,8-9H,7H2. The fourth-order valence-electron chi connectivity index (χ4n) is 2.24. The Morgan fingerprint density at radius 1 is 0.944 bits per heavy atom. The van der Waals surface area contributed by atoms with E-state index in [4.69, 9.17) is 9.97 Å². The molecule has 3 heteroatoms. The van der Waals surface area contributed by atoms with Crippen LogP contribution in [0.15, 0.2) is 47.5 Å². The second-order valence-corrected chi connectivity index (χ2v) is 5.32. The van der Waals surface area contributed by atoms with Gasteiger partial charge in [0.1, 0.15) is 5.03 Å². The summed E-state index contributed by atoms with van der Waals surface area (Å²) in [5.74, 6) is 0.987. The van der Waals surface area contributed by atoms with Crippen LogP contribution in [0.4, 0.5) is 0 Å². The first-order chi connectivity index (χ1) is 8.90. The van der Waals surface area contributed by atoms with Crippen LogP contribution in [0.25, 0.3) is 27.9 Å². The average Bonchev–Trinajstić information content (AvgIpc) is 2.42. The molecule has 2 aromatic carbocycles. The summed E-state index contributed by atoms with van der Waals surface area (Å²) >= 11 is 1.75. The molecule has 1 aliphatic heterocycles. The van der Waals surface area contributed by atoms with Gasteiger partial charge in [0, 0.05) is 5.75 Å². The summed E-state index contributed by atoms with van der Waals surface area (Å²) in [6.07, 6.45) is 4.20. The van der Waals surface area contributed by atoms with E-state index in [1.54, 1.807) is 11.8 Å². The van der Waals surface area contributed by atoms with Crippen molar-refractivity contribution in [2.45, 2.75) is 5.03 Å². The summed E-state index contributed by atoms with van der Waals surface area (Å²) in [6.45, 7) is 0. The first-order valence-corrected chi connectivity index (χ1v) is 6.89. The first kappa shape index (κ1) is 10.1. The Kier molecular flexibility index (Phi) is 2.14. The maximum Gasteiger partial charge on any atom is 0.123 e. The van der Waals surface area contributed by atoms with Crippen LogP contribution in [0.1, 0.15) is 5.69 Å². The monoisotopic (exact) mass is 250 g/mol. The van der Waals surface area contributed by atoms with Gasteiger partial charge in [0.15, 0.2) is 0 Å². The number of rotatable bonds is 0. The molecule has 86 valence electrons. The topological polar surface area (TPSA) is 25.8 Å². The molecule has 0 atom stereocenters. The predicted octanol–water partition coefficient (Wildman–Crippen LogP) is 3.90. The van der Waals surface area contributed by atoms with E-state index in [1.807, 2.05) is 0 Å². The Bertz CT molecular complexity index is 793. The third kappa shape index (κ3) is 1.51. The van der Waals surface area contributed by atoms with Gasteiger partial charge in [0.25, 0.3) is 0 Å². The Morgan fingerprint density at radius 3 is 2.44 bits per heavy atom. The average molecular weight is 250 g/mol. The molecule has 0 bridgehead atoms. The summed E-state index contributed by atoms with van der Waals surface area (Å²) in [5.41, 5.74) is 2.95. The van der Waals surface area contributed by atoms with Crippen LogP contribution in [-0.2, 0) is 0 Å². The molecule has 18 heavy (non-hydrogen) atoms. The smallest absolute Gasteiger partial charge is 0.123 e. The van der Waals surface area contributed by atoms with Crippen LogP contribution in [-0.4, -0.2) is 15.7 Å². The van der Waals surface area contributed by atoms with Crippen molar-refractivity contribution in [2.75, 3.05) is 5.75 Å². The van der Waals surface area contributed by atoms with Crippen LogP contribution in [0.2, 0.25) is 0 Å². The first-order valence-electron chi connectivity index (χ1n) is 5.90. The van der Waals surface area contributed by atoms with Crippen molar-refractivity contribution in [3.63, 3.8) is 0 Å². The van der Waals surface area contributed by atoms with E-state index in [0.29, 0.717) is 0 Å². The lowest BCUT2D eigenvalue weighted by Gasteiger charge is -2.09. The summed E-state index contributed by atoms with van der Waals surface area (Å²) in [7, 11) is 0. The zero-order valence-electron chi connectivity index (χ0n) is 9.63. The van der Waals surface area contributed by atoms with Crippen LogP contribution < -0.4 is 0 Å². The van der Waals surface area contributed by atoms with Gasteiger partial charge in [-0.05, 0) is 29.0 Å². The molecule has 0 amide bonds. The van der Waals surface area contributed by atoms with Gasteiger partial charge in [-0.15, -0.1) is 11.8 Å². The maximum absolute atomic E-state index is 4.72. The fraction of sp³-hybridized carbons (Fsp3) is 0.0667. The van der Waals surface area contributed by atoms with E-state index in [-0.39, 0.29) is 0 Å². The van der Waals surface area contributed by atoms with Crippen molar-refractivity contribution in [1.29, 1.82) is 0 Å². The lowest BCUT2D eigenvalue weighted by Crippen LogP contribution is -1.96. The highest BCUT2D eigenvalue weighted by Crippen LogP contribution is 2.28. The third-order valence-electron chi connectivity index (χ3n) is 3.12. The second kappa shape index (κ2) is 3.82. The van der Waals surface area contributed by atoms with Crippen molar-refractivity contribution in [1.82, 2.24) is 9.97 Å². The Morgan fingerprint density at radius 2 is 1.67 bits per heavy atom. The molecule has 0 saturated heterocycles. The normalized spacial score (nSPS) is 14.0. The van der Waals surface area contributed by atoms with E-state index >= 15 is 0 Å². The highest BCUT2D eigenvalue weighted by molar-refractivity contribution is 7.99. The molecule has 0 spiro atoms. The van der Waals surface area contributed by atoms with Crippen molar-refractivity contribution >= 4 is 39.6 Å². The zero-order chi connectivity index (χ0) is 11.9. The highest BCUT2D eigenvalue weighted by atomic mass is 32.2. The molecular weight excluding hydrogens is 240 g/mol. The summed E-state index contributed by atoms with van der Waals surface area (Å²) in [6, 6.07) is 12.6. The lowest BCUT2D eigenvalue weighted by molar-refractivity contribution is 1.10. The van der Waals surface area contributed by atoms with Gasteiger partial charge >= 0.3 is 0 Å². The largest absolute Gasteiger partial charge is 0.244 e. The van der Waals surface area contributed by atoms with Gasteiger partial charge < -0.3 is 0 Å². The molecule has 4 rings (SSSR count). The minimum absolute atomic E-state index is 0.972. The minimum Gasteiger partial charge on any atom is -0.244 e. The number of aromatic nitrogens is 2. The molecular formula is C15H10N2S. The molecule has 0 N–H and O–H groups in total. The Labute approximate surface area is 109 Å². The van der Waals surface area contributed by atoms with Crippen LogP contribution in [0.5, 0.6) is 0 Å².